The molecule has 0 saturated carbocycles. The molecule has 0 saturated heterocycles. The Balaban J connectivity index is 2.74. The van der Waals surface area contributed by atoms with Crippen LogP contribution in [0.15, 0.2) is 18.2 Å². The molecule has 0 aliphatic rings. The molecule has 3 heteroatoms. The van der Waals surface area contributed by atoms with Gasteiger partial charge in [-0.3, -0.25) is 0 Å². The van der Waals surface area contributed by atoms with Gasteiger partial charge in [0.05, 0.1) is 12.2 Å². The molecular weight excluding hydrogens is 192 g/mol. The molecule has 0 atom stereocenters. The molecule has 1 aromatic rings. The first-order valence-corrected chi connectivity index (χ1v) is 5.12. The van der Waals surface area contributed by atoms with E-state index in [1.54, 1.807) is 25.1 Å². The average molecular weight is 208 g/mol. The zero-order valence-corrected chi connectivity index (χ0v) is 9.12. The summed E-state index contributed by atoms with van der Waals surface area (Å²) in [6.45, 7) is 4.50. The summed E-state index contributed by atoms with van der Waals surface area (Å²) in [6, 6.07) is 5.15. The van der Waals surface area contributed by atoms with E-state index in [9.17, 15) is 4.79 Å². The highest BCUT2D eigenvalue weighted by atomic mass is 16.5. The minimum atomic E-state index is -0.909. The smallest absolute Gasteiger partial charge is 0.336 e. The third kappa shape index (κ3) is 3.27. The first-order chi connectivity index (χ1) is 7.15. The van der Waals surface area contributed by atoms with E-state index in [4.69, 9.17) is 9.84 Å². The molecule has 0 bridgehead atoms. The van der Waals surface area contributed by atoms with E-state index in [2.05, 4.69) is 6.92 Å². The molecule has 1 N–H and O–H groups in total. The predicted molar refractivity (Wildman–Crippen MR) is 58.5 cm³/mol. The topological polar surface area (TPSA) is 46.5 Å². The lowest BCUT2D eigenvalue weighted by molar-refractivity contribution is 0.0695. The van der Waals surface area contributed by atoms with Gasteiger partial charge in [0.1, 0.15) is 5.75 Å². The van der Waals surface area contributed by atoms with Crippen molar-refractivity contribution in [3.8, 4) is 5.75 Å². The predicted octanol–water partition coefficient (Wildman–Crippen LogP) is 2.87. The lowest BCUT2D eigenvalue weighted by Crippen LogP contribution is -2.02. The Bertz CT molecular complexity index is 345. The molecule has 0 spiro atoms. The van der Waals surface area contributed by atoms with E-state index < -0.39 is 5.97 Å². The van der Waals surface area contributed by atoms with E-state index >= 15 is 0 Å². The normalized spacial score (nSPS) is 10.0. The number of carbonyl (C=O) groups is 1. The van der Waals surface area contributed by atoms with Gasteiger partial charge in [-0.15, -0.1) is 0 Å². The Morgan fingerprint density at radius 3 is 2.80 bits per heavy atom. The largest absolute Gasteiger partial charge is 0.494 e. The van der Waals surface area contributed by atoms with E-state index in [0.29, 0.717) is 17.9 Å². The summed E-state index contributed by atoms with van der Waals surface area (Å²) in [4.78, 5) is 10.8. The minimum Gasteiger partial charge on any atom is -0.494 e. The van der Waals surface area contributed by atoms with Crippen molar-refractivity contribution in [1.29, 1.82) is 0 Å². The maximum atomic E-state index is 10.8. The first-order valence-electron chi connectivity index (χ1n) is 5.12. The van der Waals surface area contributed by atoms with Crippen LogP contribution in [0.4, 0.5) is 0 Å². The van der Waals surface area contributed by atoms with Gasteiger partial charge < -0.3 is 9.84 Å². The Hall–Kier alpha value is -1.51. The van der Waals surface area contributed by atoms with Gasteiger partial charge in [0.2, 0.25) is 0 Å². The van der Waals surface area contributed by atoms with Gasteiger partial charge in [-0.05, 0) is 31.0 Å². The molecule has 3 nitrogen and oxygen atoms in total. The highest BCUT2D eigenvalue weighted by Crippen LogP contribution is 2.17. The van der Waals surface area contributed by atoms with Crippen LogP contribution < -0.4 is 4.74 Å². The highest BCUT2D eigenvalue weighted by molar-refractivity contribution is 5.89. The monoisotopic (exact) mass is 208 g/mol. The van der Waals surface area contributed by atoms with Crippen LogP contribution in [0.2, 0.25) is 0 Å². The lowest BCUT2D eigenvalue weighted by Gasteiger charge is -2.07. The molecule has 1 rings (SSSR count). The molecule has 0 unspecified atom stereocenters. The van der Waals surface area contributed by atoms with Crippen molar-refractivity contribution in [3.05, 3.63) is 29.3 Å². The molecule has 15 heavy (non-hydrogen) atoms. The summed E-state index contributed by atoms with van der Waals surface area (Å²) < 4.78 is 5.43. The summed E-state index contributed by atoms with van der Waals surface area (Å²) in [5.41, 5.74) is 1.06. The molecular formula is C12H16O3. The van der Waals surface area contributed by atoms with Crippen molar-refractivity contribution in [3.63, 3.8) is 0 Å². The van der Waals surface area contributed by atoms with E-state index in [0.717, 1.165) is 18.4 Å². The van der Waals surface area contributed by atoms with Crippen molar-refractivity contribution in [2.45, 2.75) is 26.7 Å². The van der Waals surface area contributed by atoms with Crippen LogP contribution in [0.1, 0.15) is 35.7 Å². The second-order valence-corrected chi connectivity index (χ2v) is 3.48. The molecule has 0 aromatic heterocycles. The summed E-state index contributed by atoms with van der Waals surface area (Å²) in [7, 11) is 0. The van der Waals surface area contributed by atoms with Crippen molar-refractivity contribution < 1.29 is 14.6 Å². The van der Waals surface area contributed by atoms with Crippen molar-refractivity contribution >= 4 is 5.97 Å². The Morgan fingerprint density at radius 2 is 2.20 bits per heavy atom. The molecule has 0 aliphatic carbocycles. The fourth-order valence-corrected chi connectivity index (χ4v) is 1.26. The zero-order valence-electron chi connectivity index (χ0n) is 9.12. The number of benzene rings is 1. The number of unbranched alkanes of at least 4 members (excludes halogenated alkanes) is 1. The van der Waals surface area contributed by atoms with E-state index in [-0.39, 0.29) is 0 Å². The summed E-state index contributed by atoms with van der Waals surface area (Å²) in [6.07, 6.45) is 2.05. The minimum absolute atomic E-state index is 0.309. The molecule has 0 amide bonds. The lowest BCUT2D eigenvalue weighted by atomic mass is 10.1. The van der Waals surface area contributed by atoms with Gasteiger partial charge in [0.25, 0.3) is 0 Å². The fraction of sp³-hybridized carbons (Fsp3) is 0.417. The number of carboxylic acids is 1. The molecule has 0 heterocycles. The quantitative estimate of drug-likeness (QED) is 0.757. The number of hydrogen-bond donors (Lipinski definition) is 1. The number of aromatic carboxylic acids is 1. The molecule has 0 fully saturated rings. The van der Waals surface area contributed by atoms with Crippen molar-refractivity contribution in [2.24, 2.45) is 0 Å². The first kappa shape index (κ1) is 11.6. The molecule has 82 valence electrons. The molecule has 0 radical (unpaired) electrons. The fourth-order valence-electron chi connectivity index (χ4n) is 1.26. The van der Waals surface area contributed by atoms with E-state index in [1.807, 2.05) is 0 Å². The van der Waals surface area contributed by atoms with Crippen LogP contribution in [-0.4, -0.2) is 17.7 Å². The van der Waals surface area contributed by atoms with Crippen LogP contribution in [0.3, 0.4) is 0 Å². The summed E-state index contributed by atoms with van der Waals surface area (Å²) in [5.74, 6) is -0.278. The average Bonchev–Trinajstić information content (AvgIpc) is 2.20. The number of aryl methyl sites for hydroxylation is 1. The third-order valence-electron chi connectivity index (χ3n) is 2.21. The maximum Gasteiger partial charge on any atom is 0.336 e. The van der Waals surface area contributed by atoms with Gasteiger partial charge in [0.15, 0.2) is 0 Å². The number of hydrogen-bond acceptors (Lipinski definition) is 2. The second-order valence-electron chi connectivity index (χ2n) is 3.48. The summed E-state index contributed by atoms with van der Waals surface area (Å²) in [5, 5.41) is 8.91. The molecule has 0 aliphatic heterocycles. The van der Waals surface area contributed by atoms with Crippen LogP contribution in [0.25, 0.3) is 0 Å². The Kier molecular flexibility index (Phi) is 4.16. The Labute approximate surface area is 89.7 Å². The Morgan fingerprint density at radius 1 is 1.47 bits per heavy atom. The second kappa shape index (κ2) is 5.39. The molecule has 1 aromatic carbocycles. The van der Waals surface area contributed by atoms with Crippen LogP contribution in [0.5, 0.6) is 5.75 Å². The van der Waals surface area contributed by atoms with Gasteiger partial charge in [0, 0.05) is 0 Å². The standard InChI is InChI=1S/C12H16O3/c1-3-4-7-15-10-6-5-9(2)11(8-10)12(13)14/h5-6,8H,3-4,7H2,1-2H3,(H,13,14). The van der Waals surface area contributed by atoms with E-state index in [1.165, 1.54) is 0 Å². The zero-order chi connectivity index (χ0) is 11.3. The van der Waals surface area contributed by atoms with Gasteiger partial charge >= 0.3 is 5.97 Å². The number of rotatable bonds is 5. The summed E-state index contributed by atoms with van der Waals surface area (Å²) >= 11 is 0. The number of carboxylic acid groups (broad SMARTS) is 1. The third-order valence-corrected chi connectivity index (χ3v) is 2.21. The highest BCUT2D eigenvalue weighted by Gasteiger charge is 2.07. The van der Waals surface area contributed by atoms with Crippen LogP contribution in [-0.2, 0) is 0 Å². The van der Waals surface area contributed by atoms with Crippen molar-refractivity contribution in [2.75, 3.05) is 6.61 Å². The van der Waals surface area contributed by atoms with Crippen LogP contribution >= 0.6 is 0 Å². The van der Waals surface area contributed by atoms with Crippen LogP contribution in [0, 0.1) is 6.92 Å². The van der Waals surface area contributed by atoms with Gasteiger partial charge in [-0.1, -0.05) is 19.4 Å². The van der Waals surface area contributed by atoms with Crippen molar-refractivity contribution in [1.82, 2.24) is 0 Å². The number of ether oxygens (including phenoxy) is 1. The van der Waals surface area contributed by atoms with Gasteiger partial charge in [-0.2, -0.15) is 0 Å². The maximum absolute atomic E-state index is 10.8. The van der Waals surface area contributed by atoms with Gasteiger partial charge in [-0.25, -0.2) is 4.79 Å². The SMILES string of the molecule is CCCCOc1ccc(C)c(C(=O)O)c1.